The molecule has 0 amide bonds. The third-order valence-corrected chi connectivity index (χ3v) is 8.97. The van der Waals surface area contributed by atoms with Crippen LogP contribution >= 0.6 is 0 Å². The summed E-state index contributed by atoms with van der Waals surface area (Å²) in [7, 11) is -9.14. The number of carbonyl (C=O) groups is 1. The van der Waals surface area contributed by atoms with Crippen molar-refractivity contribution >= 4 is 71.3 Å². The molecule has 0 saturated heterocycles. The highest BCUT2D eigenvalue weighted by Crippen LogP contribution is 2.37. The summed E-state index contributed by atoms with van der Waals surface area (Å²) in [5, 5.41) is 13.2. The number of azo groups is 1. The fourth-order valence-electron chi connectivity index (χ4n) is 4.97. The largest absolute Gasteiger partial charge is 0.396 e. The van der Waals surface area contributed by atoms with E-state index in [1.54, 1.807) is 54.6 Å². The van der Waals surface area contributed by atoms with Crippen LogP contribution in [0.1, 0.15) is 11.1 Å². The summed E-state index contributed by atoms with van der Waals surface area (Å²) in [5.74, 6) is -0.521. The van der Waals surface area contributed by atoms with E-state index >= 15 is 0 Å². The lowest BCUT2D eigenvalue weighted by atomic mass is 9.95. The van der Waals surface area contributed by atoms with Gasteiger partial charge in [-0.3, -0.25) is 19.3 Å². The van der Waals surface area contributed by atoms with Gasteiger partial charge in [0, 0.05) is 16.3 Å². The Morgan fingerprint density at radius 1 is 0.674 bits per heavy atom. The fourth-order valence-corrected chi connectivity index (χ4v) is 6.41. The van der Waals surface area contributed by atoms with Gasteiger partial charge < -0.3 is 5.73 Å². The van der Waals surface area contributed by atoms with Crippen molar-refractivity contribution in [3.8, 4) is 11.1 Å². The molecule has 0 heterocycles. The Balaban J connectivity index is 1.21. The highest BCUT2D eigenvalue weighted by molar-refractivity contribution is 7.86. The molecule has 5 aromatic carbocycles. The summed E-state index contributed by atoms with van der Waals surface area (Å²) in [4.78, 5) is 11.9. The van der Waals surface area contributed by atoms with Gasteiger partial charge in [0.15, 0.2) is 0 Å². The van der Waals surface area contributed by atoms with Crippen LogP contribution in [0.25, 0.3) is 28.0 Å². The lowest BCUT2D eigenvalue weighted by Crippen LogP contribution is -2.22. The van der Waals surface area contributed by atoms with Gasteiger partial charge in [0.2, 0.25) is 5.78 Å². The summed E-state index contributed by atoms with van der Waals surface area (Å²) in [6.45, 7) is 0. The average molecular weight is 654 g/mol. The lowest BCUT2D eigenvalue weighted by Gasteiger charge is -2.15. The first-order chi connectivity index (χ1) is 21.9. The van der Waals surface area contributed by atoms with E-state index in [1.807, 2.05) is 24.3 Å². The number of fused-ring (bicyclic) bond motifs is 2. The highest BCUT2D eigenvalue weighted by atomic mass is 32.2. The van der Waals surface area contributed by atoms with E-state index in [9.17, 15) is 30.7 Å². The summed E-state index contributed by atoms with van der Waals surface area (Å²) >= 11 is 0. The van der Waals surface area contributed by atoms with E-state index in [2.05, 4.69) is 20.8 Å². The smallest absolute Gasteiger partial charge is 0.295 e. The van der Waals surface area contributed by atoms with Crippen LogP contribution in [-0.2, 0) is 25.0 Å². The van der Waals surface area contributed by atoms with Crippen molar-refractivity contribution in [2.24, 2.45) is 15.3 Å². The number of hydrogen-bond acceptors (Lipinski definition) is 10. The van der Waals surface area contributed by atoms with Gasteiger partial charge in [-0.25, -0.2) is 0 Å². The Bertz CT molecular complexity index is 2350. The molecule has 0 bridgehead atoms. The number of hydrazone groups is 1. The first kappa shape index (κ1) is 30.5. The number of nitrogens with one attached hydrogen (secondary N) is 1. The molecule has 0 unspecified atom stereocenters. The van der Waals surface area contributed by atoms with E-state index in [0.717, 1.165) is 11.1 Å². The molecule has 0 spiro atoms. The average Bonchev–Trinajstić information content (AvgIpc) is 3.03. The van der Waals surface area contributed by atoms with Crippen molar-refractivity contribution < 1.29 is 30.7 Å². The summed E-state index contributed by atoms with van der Waals surface area (Å²) < 4.78 is 67.2. The normalized spacial score (nSPS) is 14.2. The molecule has 0 atom stereocenters. The number of allylic oxidation sites excluding steroid dienone is 1. The molecule has 1 aliphatic carbocycles. The summed E-state index contributed by atoms with van der Waals surface area (Å²) in [6.07, 6.45) is 2.74. The minimum Gasteiger partial charge on any atom is -0.396 e. The van der Waals surface area contributed by atoms with Crippen molar-refractivity contribution in [2.45, 2.75) is 9.79 Å². The number of anilines is 2. The van der Waals surface area contributed by atoms with Crippen molar-refractivity contribution in [1.29, 1.82) is 0 Å². The van der Waals surface area contributed by atoms with Crippen LogP contribution in [0.3, 0.4) is 0 Å². The summed E-state index contributed by atoms with van der Waals surface area (Å²) in [5.41, 5.74) is 12.3. The number of nitrogens with two attached hydrogens (primary N) is 1. The van der Waals surface area contributed by atoms with Gasteiger partial charge >= 0.3 is 0 Å². The SMILES string of the molecule is Nc1c(N=Nc2ccc(-c3ccc(N/N=C4\C(=O)C=Cc5cccc(S(=O)(=O)O)c54)cc3)cc2)cc(S(=O)(=O)O)c2ccccc12. The van der Waals surface area contributed by atoms with Crippen molar-refractivity contribution in [3.05, 3.63) is 114 Å². The molecule has 6 rings (SSSR count). The van der Waals surface area contributed by atoms with Crippen LogP contribution in [0.5, 0.6) is 0 Å². The van der Waals surface area contributed by atoms with Crippen LogP contribution in [0.4, 0.5) is 22.7 Å². The molecule has 5 N–H and O–H groups in total. The van der Waals surface area contributed by atoms with Gasteiger partial charge in [-0.2, -0.15) is 27.1 Å². The lowest BCUT2D eigenvalue weighted by molar-refractivity contribution is -0.108. The van der Waals surface area contributed by atoms with E-state index < -0.39 is 30.9 Å². The molecule has 1 aliphatic rings. The zero-order valence-corrected chi connectivity index (χ0v) is 25.2. The number of hydrogen-bond donors (Lipinski definition) is 4. The highest BCUT2D eigenvalue weighted by Gasteiger charge is 2.27. The monoisotopic (exact) mass is 653 g/mol. The number of carbonyl (C=O) groups excluding carboxylic acids is 1. The maximum absolute atomic E-state index is 12.6. The molecule has 46 heavy (non-hydrogen) atoms. The van der Waals surface area contributed by atoms with Crippen molar-refractivity contribution in [1.82, 2.24) is 0 Å². The number of nitrogen functional groups attached to an aromatic ring is 1. The van der Waals surface area contributed by atoms with Crippen LogP contribution in [0.2, 0.25) is 0 Å². The molecular weight excluding hydrogens is 631 g/mol. The maximum atomic E-state index is 12.6. The first-order valence-electron chi connectivity index (χ1n) is 13.5. The van der Waals surface area contributed by atoms with Gasteiger partial charge in [0.1, 0.15) is 21.2 Å². The minimum absolute atomic E-state index is 0.0148. The van der Waals surface area contributed by atoms with E-state index in [-0.39, 0.29) is 32.9 Å². The third kappa shape index (κ3) is 6.05. The van der Waals surface area contributed by atoms with Crippen LogP contribution < -0.4 is 11.2 Å². The van der Waals surface area contributed by atoms with Gasteiger partial charge in [0.25, 0.3) is 20.2 Å². The molecule has 0 aromatic heterocycles. The number of ketones is 1. The Hall–Kier alpha value is -5.54. The molecule has 5 aromatic rings. The molecule has 0 radical (unpaired) electrons. The van der Waals surface area contributed by atoms with E-state index in [1.165, 1.54) is 30.4 Å². The minimum atomic E-state index is -4.60. The molecular formula is C32H23N5O7S2. The Labute approximate surface area is 263 Å². The molecule has 12 nitrogen and oxygen atoms in total. The van der Waals surface area contributed by atoms with Crippen LogP contribution in [0, 0.1) is 0 Å². The third-order valence-electron chi connectivity index (χ3n) is 7.18. The van der Waals surface area contributed by atoms with Gasteiger partial charge in [0.05, 0.1) is 17.1 Å². The second-order valence-electron chi connectivity index (χ2n) is 10.1. The van der Waals surface area contributed by atoms with Crippen molar-refractivity contribution in [2.75, 3.05) is 11.2 Å². The van der Waals surface area contributed by atoms with Gasteiger partial charge in [-0.05, 0) is 59.2 Å². The number of rotatable bonds is 7. The maximum Gasteiger partial charge on any atom is 0.295 e. The Morgan fingerprint density at radius 3 is 1.96 bits per heavy atom. The topological polar surface area (TPSA) is 201 Å². The van der Waals surface area contributed by atoms with E-state index in [0.29, 0.717) is 22.3 Å². The second kappa shape index (κ2) is 11.8. The molecule has 14 heteroatoms. The fraction of sp³-hybridized carbons (Fsp3) is 0. The predicted octanol–water partition coefficient (Wildman–Crippen LogP) is 6.41. The zero-order chi connectivity index (χ0) is 32.6. The van der Waals surface area contributed by atoms with Gasteiger partial charge in [-0.15, -0.1) is 5.11 Å². The quantitative estimate of drug-likeness (QED) is 0.0663. The van der Waals surface area contributed by atoms with Crippen molar-refractivity contribution in [3.63, 3.8) is 0 Å². The number of benzene rings is 5. The standard InChI is InChI=1S/C32H23N5O7S2/c33-31-25-6-2-1-5-24(25)29(46(42,43)44)18-26(31)36-34-22-13-8-19(9-14-22)20-10-15-23(16-11-20)35-37-32-27(38)17-12-21-4-3-7-28(30(21)32)45(39,40)41/h1-18,35H,33H2,(H,39,40,41)(H,42,43,44)/b36-34?,37-32+. The predicted molar refractivity (Wildman–Crippen MR) is 175 cm³/mol. The first-order valence-corrected chi connectivity index (χ1v) is 16.4. The molecule has 230 valence electrons. The second-order valence-corrected chi connectivity index (χ2v) is 12.9. The summed E-state index contributed by atoms with van der Waals surface area (Å²) in [6, 6.07) is 26.1. The Kier molecular flexibility index (Phi) is 7.79. The van der Waals surface area contributed by atoms with E-state index in [4.69, 9.17) is 5.73 Å². The molecule has 0 aliphatic heterocycles. The van der Waals surface area contributed by atoms with Crippen LogP contribution in [-0.4, -0.2) is 37.4 Å². The van der Waals surface area contributed by atoms with Crippen LogP contribution in [0.15, 0.2) is 128 Å². The molecule has 0 saturated carbocycles. The number of nitrogens with zero attached hydrogens (tertiary/aromatic N) is 3. The Morgan fingerprint density at radius 2 is 1.30 bits per heavy atom. The molecule has 0 fully saturated rings. The zero-order valence-electron chi connectivity index (χ0n) is 23.6. The van der Waals surface area contributed by atoms with Gasteiger partial charge in [-0.1, -0.05) is 66.7 Å².